The van der Waals surface area contributed by atoms with Crippen LogP contribution in [-0.4, -0.2) is 51.2 Å². The van der Waals surface area contributed by atoms with Crippen molar-refractivity contribution in [2.24, 2.45) is 7.05 Å². The quantitative estimate of drug-likeness (QED) is 0.463. The number of piperidine rings is 1. The third kappa shape index (κ3) is 4.52. The predicted octanol–water partition coefficient (Wildman–Crippen LogP) is 3.14. The summed E-state index contributed by atoms with van der Waals surface area (Å²) >= 11 is 0. The molecule has 3 aromatic rings. The highest BCUT2D eigenvalue weighted by Gasteiger charge is 2.27. The topological polar surface area (TPSA) is 90.5 Å². The molecule has 1 saturated heterocycles. The van der Waals surface area contributed by atoms with E-state index >= 15 is 0 Å². The number of hydrogen-bond donors (Lipinski definition) is 0. The van der Waals surface area contributed by atoms with Crippen molar-refractivity contribution in [2.45, 2.75) is 32.6 Å². The van der Waals surface area contributed by atoms with Crippen LogP contribution >= 0.6 is 0 Å². The molecule has 0 unspecified atom stereocenters. The van der Waals surface area contributed by atoms with Crippen LogP contribution in [0.1, 0.15) is 41.6 Å². The molecule has 0 aliphatic carbocycles. The Morgan fingerprint density at radius 1 is 1.23 bits per heavy atom. The standard InChI is InChI=1S/C23H26N4O4/c1-15-18(16(2)26(3)25-15)8-9-22(29)30-14-21(28)27-12-10-17(11-13-27)23-24-19-6-4-5-7-20(19)31-23/h4-9,17H,10-14H2,1-3H3/b9-8+. The summed E-state index contributed by atoms with van der Waals surface area (Å²) in [5.74, 6) is 0.183. The molecule has 0 N–H and O–H groups in total. The Kier molecular flexibility index (Phi) is 5.88. The summed E-state index contributed by atoms with van der Waals surface area (Å²) < 4.78 is 12.8. The van der Waals surface area contributed by atoms with Crippen LogP contribution in [0.2, 0.25) is 0 Å². The van der Waals surface area contributed by atoms with Crippen molar-refractivity contribution in [3.05, 3.63) is 53.2 Å². The molecule has 8 nitrogen and oxygen atoms in total. The number of carbonyl (C=O) groups excluding carboxylic acids is 2. The second kappa shape index (κ2) is 8.75. The Balaban J connectivity index is 1.26. The molecule has 0 spiro atoms. The monoisotopic (exact) mass is 422 g/mol. The second-order valence-electron chi connectivity index (χ2n) is 7.82. The molecule has 1 aromatic carbocycles. The number of nitrogens with zero attached hydrogens (tertiary/aromatic N) is 4. The van der Waals surface area contributed by atoms with Gasteiger partial charge in [-0.05, 0) is 44.9 Å². The van der Waals surface area contributed by atoms with Gasteiger partial charge in [0.15, 0.2) is 18.1 Å². The van der Waals surface area contributed by atoms with Crippen LogP contribution in [0, 0.1) is 13.8 Å². The van der Waals surface area contributed by atoms with Crippen molar-refractivity contribution < 1.29 is 18.7 Å². The molecular weight excluding hydrogens is 396 g/mol. The molecule has 4 rings (SSSR count). The molecule has 3 heterocycles. The number of oxazole rings is 1. The normalized spacial score (nSPS) is 15.1. The molecule has 162 valence electrons. The molecule has 0 bridgehead atoms. The Morgan fingerprint density at radius 2 is 1.97 bits per heavy atom. The molecule has 1 fully saturated rings. The van der Waals surface area contributed by atoms with Gasteiger partial charge in [-0.15, -0.1) is 0 Å². The third-order valence-corrected chi connectivity index (χ3v) is 5.80. The summed E-state index contributed by atoms with van der Waals surface area (Å²) in [6, 6.07) is 7.70. The van der Waals surface area contributed by atoms with E-state index < -0.39 is 5.97 Å². The SMILES string of the molecule is Cc1nn(C)c(C)c1/C=C/C(=O)OCC(=O)N1CCC(c2nc3ccccc3o2)CC1. The number of hydrogen-bond acceptors (Lipinski definition) is 6. The minimum atomic E-state index is -0.544. The van der Waals surface area contributed by atoms with Gasteiger partial charge in [0, 0.05) is 43.4 Å². The van der Waals surface area contributed by atoms with Crippen LogP contribution in [0.4, 0.5) is 0 Å². The number of amides is 1. The average Bonchev–Trinajstić information content (AvgIpc) is 3.31. The lowest BCUT2D eigenvalue weighted by atomic mass is 9.97. The Morgan fingerprint density at radius 3 is 2.65 bits per heavy atom. The highest BCUT2D eigenvalue weighted by molar-refractivity contribution is 5.89. The van der Waals surface area contributed by atoms with E-state index in [4.69, 9.17) is 9.15 Å². The minimum Gasteiger partial charge on any atom is -0.452 e. The maximum absolute atomic E-state index is 12.4. The number of carbonyl (C=O) groups is 2. The second-order valence-corrected chi connectivity index (χ2v) is 7.82. The largest absolute Gasteiger partial charge is 0.452 e. The maximum Gasteiger partial charge on any atom is 0.331 e. The Bertz CT molecular complexity index is 1100. The zero-order chi connectivity index (χ0) is 22.0. The first kappa shape index (κ1) is 20.8. The van der Waals surface area contributed by atoms with Crippen molar-refractivity contribution in [1.82, 2.24) is 19.7 Å². The molecule has 1 amide bonds. The predicted molar refractivity (Wildman–Crippen MR) is 115 cm³/mol. The van der Waals surface area contributed by atoms with Crippen molar-refractivity contribution >= 4 is 29.1 Å². The fourth-order valence-electron chi connectivity index (χ4n) is 3.90. The summed E-state index contributed by atoms with van der Waals surface area (Å²) in [5, 5.41) is 4.31. The number of aryl methyl sites for hydroxylation is 2. The van der Waals surface area contributed by atoms with Gasteiger partial charge in [0.05, 0.1) is 5.69 Å². The van der Waals surface area contributed by atoms with E-state index in [1.165, 1.54) is 6.08 Å². The first-order chi connectivity index (χ1) is 14.9. The number of para-hydroxylation sites is 2. The minimum absolute atomic E-state index is 0.188. The van der Waals surface area contributed by atoms with Crippen molar-refractivity contribution in [1.29, 1.82) is 0 Å². The number of aromatic nitrogens is 3. The van der Waals surface area contributed by atoms with Gasteiger partial charge < -0.3 is 14.1 Å². The van der Waals surface area contributed by atoms with E-state index in [9.17, 15) is 9.59 Å². The number of likely N-dealkylation sites (tertiary alicyclic amines) is 1. The van der Waals surface area contributed by atoms with Crippen LogP contribution in [0.5, 0.6) is 0 Å². The van der Waals surface area contributed by atoms with Gasteiger partial charge in [0.25, 0.3) is 5.91 Å². The molecule has 1 aliphatic rings. The van der Waals surface area contributed by atoms with Gasteiger partial charge in [-0.2, -0.15) is 5.10 Å². The highest BCUT2D eigenvalue weighted by Crippen LogP contribution is 2.29. The summed E-state index contributed by atoms with van der Waals surface area (Å²) in [6.07, 6.45) is 4.55. The number of benzene rings is 1. The van der Waals surface area contributed by atoms with Crippen molar-refractivity contribution in [2.75, 3.05) is 19.7 Å². The highest BCUT2D eigenvalue weighted by atomic mass is 16.5. The fourth-order valence-corrected chi connectivity index (χ4v) is 3.90. The Hall–Kier alpha value is -3.42. The van der Waals surface area contributed by atoms with E-state index in [0.29, 0.717) is 13.1 Å². The summed E-state index contributed by atoms with van der Waals surface area (Å²) in [6.45, 7) is 4.72. The molecule has 2 aromatic heterocycles. The first-order valence-electron chi connectivity index (χ1n) is 10.4. The third-order valence-electron chi connectivity index (χ3n) is 5.80. The number of ether oxygens (including phenoxy) is 1. The maximum atomic E-state index is 12.4. The van der Waals surface area contributed by atoms with Gasteiger partial charge in [-0.25, -0.2) is 9.78 Å². The fraction of sp³-hybridized carbons (Fsp3) is 0.391. The van der Waals surface area contributed by atoms with Gasteiger partial charge in [-0.1, -0.05) is 12.1 Å². The Labute approximate surface area is 180 Å². The van der Waals surface area contributed by atoms with Gasteiger partial charge in [0.1, 0.15) is 5.52 Å². The van der Waals surface area contributed by atoms with Crippen molar-refractivity contribution in [3.8, 4) is 0 Å². The summed E-state index contributed by atoms with van der Waals surface area (Å²) in [5.41, 5.74) is 4.31. The molecule has 1 aliphatic heterocycles. The van der Waals surface area contributed by atoms with Crippen LogP contribution < -0.4 is 0 Å². The molecule has 0 radical (unpaired) electrons. The summed E-state index contributed by atoms with van der Waals surface area (Å²) in [4.78, 5) is 30.8. The molecular formula is C23H26N4O4. The lowest BCUT2D eigenvalue weighted by Gasteiger charge is -2.30. The average molecular weight is 422 g/mol. The number of fused-ring (bicyclic) bond motifs is 1. The van der Waals surface area contributed by atoms with Gasteiger partial charge in [0.2, 0.25) is 0 Å². The van der Waals surface area contributed by atoms with Crippen molar-refractivity contribution in [3.63, 3.8) is 0 Å². The van der Waals surface area contributed by atoms with E-state index in [-0.39, 0.29) is 18.4 Å². The molecule has 0 saturated carbocycles. The van der Waals surface area contributed by atoms with E-state index in [1.807, 2.05) is 45.2 Å². The van der Waals surface area contributed by atoms with E-state index in [1.54, 1.807) is 15.7 Å². The van der Waals surface area contributed by atoms with E-state index in [2.05, 4.69) is 10.1 Å². The number of esters is 1. The first-order valence-corrected chi connectivity index (χ1v) is 10.4. The van der Waals surface area contributed by atoms with Crippen LogP contribution in [0.15, 0.2) is 34.8 Å². The van der Waals surface area contributed by atoms with Gasteiger partial charge in [-0.3, -0.25) is 9.48 Å². The summed E-state index contributed by atoms with van der Waals surface area (Å²) in [7, 11) is 1.85. The lowest BCUT2D eigenvalue weighted by Crippen LogP contribution is -2.40. The smallest absolute Gasteiger partial charge is 0.331 e. The molecule has 8 heteroatoms. The number of rotatable bonds is 5. The molecule has 31 heavy (non-hydrogen) atoms. The zero-order valence-electron chi connectivity index (χ0n) is 18.0. The molecule has 0 atom stereocenters. The zero-order valence-corrected chi connectivity index (χ0v) is 18.0. The van der Waals surface area contributed by atoms with Gasteiger partial charge >= 0.3 is 5.97 Å². The van der Waals surface area contributed by atoms with Crippen LogP contribution in [0.25, 0.3) is 17.2 Å². The van der Waals surface area contributed by atoms with E-state index in [0.717, 1.165) is 46.8 Å². The van der Waals surface area contributed by atoms with Crippen LogP contribution in [-0.2, 0) is 21.4 Å². The van der Waals surface area contributed by atoms with Crippen LogP contribution in [0.3, 0.4) is 0 Å². The lowest BCUT2D eigenvalue weighted by molar-refractivity contribution is -0.148.